The van der Waals surface area contributed by atoms with E-state index >= 15 is 0 Å². The molecule has 1 aromatic rings. The van der Waals surface area contributed by atoms with Crippen LogP contribution in [0.4, 0.5) is 0 Å². The van der Waals surface area contributed by atoms with Gasteiger partial charge in [-0.15, -0.1) is 0 Å². The highest BCUT2D eigenvalue weighted by atomic mass is 16.2. The van der Waals surface area contributed by atoms with Crippen LogP contribution in [0.3, 0.4) is 0 Å². The summed E-state index contributed by atoms with van der Waals surface area (Å²) in [6.45, 7) is 3.05. The number of rotatable bonds is 4. The molecule has 18 heavy (non-hydrogen) atoms. The van der Waals surface area contributed by atoms with Gasteiger partial charge in [-0.1, -0.05) is 0 Å². The lowest BCUT2D eigenvalue weighted by Gasteiger charge is -2.30. The number of H-pyrrole nitrogens is 1. The third-order valence-electron chi connectivity index (χ3n) is 3.83. The lowest BCUT2D eigenvalue weighted by atomic mass is 9.99. The second-order valence-corrected chi connectivity index (χ2v) is 5.37. The van der Waals surface area contributed by atoms with Crippen molar-refractivity contribution in [1.82, 2.24) is 20.2 Å². The van der Waals surface area contributed by atoms with Crippen molar-refractivity contribution in [2.75, 3.05) is 19.6 Å². The lowest BCUT2D eigenvalue weighted by molar-refractivity contribution is 0.0699. The van der Waals surface area contributed by atoms with E-state index in [1.807, 2.05) is 4.90 Å². The van der Waals surface area contributed by atoms with Crippen molar-refractivity contribution in [3.05, 3.63) is 18.2 Å². The van der Waals surface area contributed by atoms with Gasteiger partial charge in [-0.2, -0.15) is 0 Å². The third kappa shape index (κ3) is 2.56. The van der Waals surface area contributed by atoms with Gasteiger partial charge in [0, 0.05) is 12.6 Å². The van der Waals surface area contributed by atoms with E-state index in [1.54, 1.807) is 12.5 Å². The number of piperidine rings is 1. The fourth-order valence-electron chi connectivity index (χ4n) is 2.67. The Morgan fingerprint density at radius 2 is 2.33 bits per heavy atom. The standard InChI is InChI=1S/C13H20N4O/c18-13(12-7-15-9-16-12)17(11-3-4-11)8-10-2-1-5-14-6-10/h7,9-11,14H,1-6,8H2,(H,15,16). The number of carbonyl (C=O) groups excluding carboxylic acids is 1. The molecule has 1 atom stereocenters. The number of aromatic nitrogens is 2. The molecule has 1 saturated carbocycles. The van der Waals surface area contributed by atoms with Gasteiger partial charge in [0.05, 0.1) is 12.5 Å². The molecule has 5 nitrogen and oxygen atoms in total. The van der Waals surface area contributed by atoms with Crippen molar-refractivity contribution in [1.29, 1.82) is 0 Å². The number of aromatic amines is 1. The zero-order valence-corrected chi connectivity index (χ0v) is 10.6. The molecule has 2 N–H and O–H groups in total. The Bertz CT molecular complexity index is 393. The highest BCUT2D eigenvalue weighted by molar-refractivity contribution is 5.92. The summed E-state index contributed by atoms with van der Waals surface area (Å²) in [4.78, 5) is 21.3. The van der Waals surface area contributed by atoms with E-state index in [0.29, 0.717) is 17.7 Å². The number of imidazole rings is 1. The average molecular weight is 248 g/mol. The predicted octanol–water partition coefficient (Wildman–Crippen LogP) is 1.01. The van der Waals surface area contributed by atoms with Gasteiger partial charge in [-0.25, -0.2) is 4.98 Å². The van der Waals surface area contributed by atoms with Crippen LogP contribution < -0.4 is 5.32 Å². The van der Waals surface area contributed by atoms with Gasteiger partial charge in [0.15, 0.2) is 0 Å². The fraction of sp³-hybridized carbons (Fsp3) is 0.692. The molecule has 5 heteroatoms. The highest BCUT2D eigenvalue weighted by Crippen LogP contribution is 2.29. The normalized spacial score (nSPS) is 23.9. The Hall–Kier alpha value is -1.36. The van der Waals surface area contributed by atoms with Crippen molar-refractivity contribution in [2.45, 2.75) is 31.7 Å². The molecule has 3 rings (SSSR count). The van der Waals surface area contributed by atoms with Crippen molar-refractivity contribution in [2.24, 2.45) is 5.92 Å². The van der Waals surface area contributed by atoms with E-state index in [1.165, 1.54) is 12.8 Å². The molecule has 0 aromatic carbocycles. The first kappa shape index (κ1) is 11.7. The molecule has 1 aliphatic heterocycles. The van der Waals surface area contributed by atoms with Crippen molar-refractivity contribution in [3.63, 3.8) is 0 Å². The van der Waals surface area contributed by atoms with Crippen LogP contribution in [0.15, 0.2) is 12.5 Å². The maximum Gasteiger partial charge on any atom is 0.272 e. The molecule has 2 aliphatic rings. The Morgan fingerprint density at radius 3 is 2.94 bits per heavy atom. The largest absolute Gasteiger partial charge is 0.341 e. The van der Waals surface area contributed by atoms with Crippen molar-refractivity contribution in [3.8, 4) is 0 Å². The molecular weight excluding hydrogens is 228 g/mol. The maximum absolute atomic E-state index is 12.4. The summed E-state index contributed by atoms with van der Waals surface area (Å²) in [7, 11) is 0. The smallest absolute Gasteiger partial charge is 0.272 e. The van der Waals surface area contributed by atoms with Gasteiger partial charge in [-0.3, -0.25) is 4.79 Å². The Labute approximate surface area is 107 Å². The predicted molar refractivity (Wildman–Crippen MR) is 68.2 cm³/mol. The van der Waals surface area contributed by atoms with Crippen LogP contribution in [-0.2, 0) is 0 Å². The number of carbonyl (C=O) groups is 1. The summed E-state index contributed by atoms with van der Waals surface area (Å²) in [5.74, 6) is 0.715. The second-order valence-electron chi connectivity index (χ2n) is 5.37. The van der Waals surface area contributed by atoms with E-state index in [-0.39, 0.29) is 5.91 Å². The van der Waals surface area contributed by atoms with Crippen molar-refractivity contribution >= 4 is 5.91 Å². The van der Waals surface area contributed by atoms with Gasteiger partial charge < -0.3 is 15.2 Å². The highest BCUT2D eigenvalue weighted by Gasteiger charge is 2.35. The minimum absolute atomic E-state index is 0.112. The minimum atomic E-state index is 0.112. The number of nitrogens with zero attached hydrogens (tertiary/aromatic N) is 2. The quantitative estimate of drug-likeness (QED) is 0.836. The van der Waals surface area contributed by atoms with Crippen LogP contribution in [-0.4, -0.2) is 46.5 Å². The zero-order valence-electron chi connectivity index (χ0n) is 10.6. The number of hydrogen-bond donors (Lipinski definition) is 2. The first-order valence-corrected chi connectivity index (χ1v) is 6.84. The first-order chi connectivity index (χ1) is 8.84. The fourth-order valence-corrected chi connectivity index (χ4v) is 2.67. The van der Waals surface area contributed by atoms with Crippen molar-refractivity contribution < 1.29 is 4.79 Å². The van der Waals surface area contributed by atoms with Crippen LogP contribution >= 0.6 is 0 Å². The van der Waals surface area contributed by atoms with E-state index < -0.39 is 0 Å². The zero-order chi connectivity index (χ0) is 12.4. The summed E-state index contributed by atoms with van der Waals surface area (Å²) >= 11 is 0. The molecule has 1 aromatic heterocycles. The Balaban J connectivity index is 1.66. The van der Waals surface area contributed by atoms with Crippen LogP contribution in [0.2, 0.25) is 0 Å². The van der Waals surface area contributed by atoms with Crippen LogP contribution in [0, 0.1) is 5.92 Å². The molecule has 0 radical (unpaired) electrons. The number of amides is 1. The lowest BCUT2D eigenvalue weighted by Crippen LogP contribution is -2.42. The van der Waals surface area contributed by atoms with Gasteiger partial charge in [0.2, 0.25) is 0 Å². The molecule has 2 fully saturated rings. The summed E-state index contributed by atoms with van der Waals surface area (Å²) in [6, 6.07) is 0.461. The monoisotopic (exact) mass is 248 g/mol. The molecule has 1 amide bonds. The topological polar surface area (TPSA) is 61.0 Å². The number of nitrogens with one attached hydrogen (secondary N) is 2. The summed E-state index contributed by atoms with van der Waals surface area (Å²) in [6.07, 6.45) is 7.95. The second kappa shape index (κ2) is 5.10. The maximum atomic E-state index is 12.4. The molecule has 2 heterocycles. The van der Waals surface area contributed by atoms with Crippen LogP contribution in [0.25, 0.3) is 0 Å². The van der Waals surface area contributed by atoms with E-state index in [0.717, 1.165) is 32.5 Å². The molecule has 0 bridgehead atoms. The molecule has 1 unspecified atom stereocenters. The Kier molecular flexibility index (Phi) is 3.32. The third-order valence-corrected chi connectivity index (χ3v) is 3.83. The van der Waals surface area contributed by atoms with E-state index in [2.05, 4.69) is 15.3 Å². The average Bonchev–Trinajstić information content (AvgIpc) is 3.10. The molecular formula is C13H20N4O. The number of hydrogen-bond acceptors (Lipinski definition) is 3. The SMILES string of the molecule is O=C(c1cnc[nH]1)N(CC1CCCNC1)C1CC1. The molecule has 98 valence electrons. The molecule has 1 saturated heterocycles. The van der Waals surface area contributed by atoms with Crippen LogP contribution in [0.5, 0.6) is 0 Å². The summed E-state index contributed by atoms with van der Waals surface area (Å²) in [5.41, 5.74) is 0.616. The molecule has 1 aliphatic carbocycles. The van der Waals surface area contributed by atoms with Gasteiger partial charge in [-0.05, 0) is 44.7 Å². The van der Waals surface area contributed by atoms with Gasteiger partial charge in [0.1, 0.15) is 5.69 Å². The van der Waals surface area contributed by atoms with E-state index in [4.69, 9.17) is 0 Å². The molecule has 0 spiro atoms. The van der Waals surface area contributed by atoms with Gasteiger partial charge >= 0.3 is 0 Å². The van der Waals surface area contributed by atoms with Gasteiger partial charge in [0.25, 0.3) is 5.91 Å². The summed E-state index contributed by atoms with van der Waals surface area (Å²) in [5, 5.41) is 3.42. The Morgan fingerprint density at radius 1 is 1.44 bits per heavy atom. The van der Waals surface area contributed by atoms with Crippen LogP contribution in [0.1, 0.15) is 36.2 Å². The first-order valence-electron chi connectivity index (χ1n) is 6.84. The summed E-state index contributed by atoms with van der Waals surface area (Å²) < 4.78 is 0. The van der Waals surface area contributed by atoms with E-state index in [9.17, 15) is 4.79 Å². The minimum Gasteiger partial charge on any atom is -0.341 e.